The minimum absolute atomic E-state index is 0.0186. The van der Waals surface area contributed by atoms with Crippen molar-refractivity contribution in [2.75, 3.05) is 0 Å². The second kappa shape index (κ2) is 13.9. The molecule has 0 aromatic heterocycles. The molecule has 0 bridgehead atoms. The summed E-state index contributed by atoms with van der Waals surface area (Å²) in [6.45, 7) is 4.23. The molecule has 0 saturated carbocycles. The summed E-state index contributed by atoms with van der Waals surface area (Å²) in [5.74, 6) is -3.83. The van der Waals surface area contributed by atoms with E-state index >= 15 is 0 Å². The molecule has 0 radical (unpaired) electrons. The first-order chi connectivity index (χ1) is 19.2. The van der Waals surface area contributed by atoms with Crippen LogP contribution in [0.4, 0.5) is 0 Å². The predicted octanol–water partition coefficient (Wildman–Crippen LogP) is 5.59. The molecule has 4 rings (SSSR count). The van der Waals surface area contributed by atoms with Crippen molar-refractivity contribution in [1.82, 2.24) is 0 Å². The van der Waals surface area contributed by atoms with E-state index < -0.39 is 23.9 Å². The average molecular weight is 561 g/mol. The Bertz CT molecular complexity index is 1390. The molecule has 0 aliphatic heterocycles. The van der Waals surface area contributed by atoms with Crippen molar-refractivity contribution < 1.29 is 49.8 Å². The molecule has 41 heavy (non-hydrogen) atoms. The maximum Gasteiger partial charge on any atom is 0.335 e. The molecule has 0 fully saturated rings. The van der Waals surface area contributed by atoms with Gasteiger partial charge in [-0.1, -0.05) is 44.2 Å². The normalized spacial score (nSPS) is 10.2. The molecule has 212 valence electrons. The van der Waals surface area contributed by atoms with Crippen LogP contribution in [0.25, 0.3) is 0 Å². The highest BCUT2D eigenvalue weighted by atomic mass is 16.4. The van der Waals surface area contributed by atoms with Gasteiger partial charge >= 0.3 is 23.9 Å². The van der Waals surface area contributed by atoms with Crippen LogP contribution >= 0.6 is 0 Å². The molecular formula is C31H28O10. The second-order valence-electron chi connectivity index (χ2n) is 9.10. The van der Waals surface area contributed by atoms with Crippen molar-refractivity contribution >= 4 is 23.9 Å². The summed E-state index contributed by atoms with van der Waals surface area (Å²) in [5.41, 5.74) is 2.23. The van der Waals surface area contributed by atoms with Crippen LogP contribution in [0.1, 0.15) is 66.4 Å². The second-order valence-corrected chi connectivity index (χ2v) is 9.10. The third-order valence-corrected chi connectivity index (χ3v) is 5.91. The van der Waals surface area contributed by atoms with E-state index in [0.29, 0.717) is 0 Å². The lowest BCUT2D eigenvalue weighted by Gasteiger charge is -2.26. The average Bonchev–Trinajstić information content (AvgIpc) is 2.94. The smallest absolute Gasteiger partial charge is 0.335 e. The van der Waals surface area contributed by atoms with E-state index in [4.69, 9.17) is 20.4 Å². The number of aromatic hydroxyl groups is 2. The van der Waals surface area contributed by atoms with Gasteiger partial charge in [-0.25, -0.2) is 19.2 Å². The van der Waals surface area contributed by atoms with Crippen molar-refractivity contribution in [3.63, 3.8) is 0 Å². The summed E-state index contributed by atoms with van der Waals surface area (Å²) in [5, 5.41) is 52.5. The summed E-state index contributed by atoms with van der Waals surface area (Å²) in [6, 6.07) is 24.7. The zero-order chi connectivity index (χ0) is 30.7. The fraction of sp³-hybridized carbons (Fsp3) is 0.0968. The van der Waals surface area contributed by atoms with Gasteiger partial charge < -0.3 is 30.6 Å². The van der Waals surface area contributed by atoms with E-state index in [9.17, 15) is 29.4 Å². The number of hydrogen-bond donors (Lipinski definition) is 6. The number of carbonyl (C=O) groups is 4. The molecule has 0 amide bonds. The monoisotopic (exact) mass is 560 g/mol. The van der Waals surface area contributed by atoms with Crippen LogP contribution in [0.5, 0.6) is 11.5 Å². The lowest BCUT2D eigenvalue weighted by Crippen LogP contribution is -2.18. The van der Waals surface area contributed by atoms with Gasteiger partial charge in [0, 0.05) is 5.41 Å². The van der Waals surface area contributed by atoms with E-state index in [2.05, 4.69) is 13.8 Å². The quantitative estimate of drug-likeness (QED) is 0.173. The largest absolute Gasteiger partial charge is 0.508 e. The molecule has 4 aromatic rings. The predicted molar refractivity (Wildman–Crippen MR) is 149 cm³/mol. The molecule has 0 heterocycles. The topological polar surface area (TPSA) is 190 Å². The number of hydrogen-bond acceptors (Lipinski definition) is 6. The van der Waals surface area contributed by atoms with Crippen molar-refractivity contribution in [1.29, 1.82) is 0 Å². The summed E-state index contributed by atoms with van der Waals surface area (Å²) in [7, 11) is 0. The van der Waals surface area contributed by atoms with E-state index in [1.54, 1.807) is 24.3 Å². The Balaban J connectivity index is 0.000000221. The highest BCUT2D eigenvalue weighted by Crippen LogP contribution is 2.32. The number of rotatable bonds is 6. The Labute approximate surface area is 235 Å². The van der Waals surface area contributed by atoms with Crippen LogP contribution in [-0.4, -0.2) is 54.5 Å². The number of aromatic carboxylic acids is 4. The molecule has 10 nitrogen and oxygen atoms in total. The van der Waals surface area contributed by atoms with Crippen molar-refractivity contribution in [2.24, 2.45) is 0 Å². The Kier molecular flexibility index (Phi) is 10.7. The Morgan fingerprint density at radius 3 is 1.02 bits per heavy atom. The summed E-state index contributed by atoms with van der Waals surface area (Å²) >= 11 is 0. The molecule has 6 N–H and O–H groups in total. The Morgan fingerprint density at radius 2 is 0.756 bits per heavy atom. The van der Waals surface area contributed by atoms with Gasteiger partial charge in [-0.3, -0.25) is 0 Å². The van der Waals surface area contributed by atoms with Crippen molar-refractivity contribution in [3.8, 4) is 11.5 Å². The van der Waals surface area contributed by atoms with Gasteiger partial charge in [-0.15, -0.1) is 0 Å². The number of benzene rings is 4. The van der Waals surface area contributed by atoms with Gasteiger partial charge in [-0.05, 0) is 77.9 Å². The van der Waals surface area contributed by atoms with Gasteiger partial charge in [0.05, 0.1) is 22.3 Å². The fourth-order valence-corrected chi connectivity index (χ4v) is 3.46. The highest BCUT2D eigenvalue weighted by Gasteiger charge is 2.22. The lowest BCUT2D eigenvalue weighted by atomic mass is 9.78. The minimum Gasteiger partial charge on any atom is -0.508 e. The molecule has 4 aromatic carbocycles. The molecule has 10 heteroatoms. The van der Waals surface area contributed by atoms with Crippen LogP contribution in [0.3, 0.4) is 0 Å². The number of phenolic OH excluding ortho intramolecular Hbond substituents is 2. The van der Waals surface area contributed by atoms with Crippen LogP contribution < -0.4 is 0 Å². The maximum atomic E-state index is 10.4. The van der Waals surface area contributed by atoms with Gasteiger partial charge in [0.1, 0.15) is 11.5 Å². The van der Waals surface area contributed by atoms with E-state index in [1.807, 2.05) is 24.3 Å². The lowest BCUT2D eigenvalue weighted by molar-refractivity contribution is 0.0681. The summed E-state index contributed by atoms with van der Waals surface area (Å²) < 4.78 is 0. The maximum absolute atomic E-state index is 10.4. The van der Waals surface area contributed by atoms with Crippen LogP contribution in [0, 0.1) is 0 Å². The van der Waals surface area contributed by atoms with Crippen molar-refractivity contribution in [2.45, 2.75) is 19.3 Å². The Hall–Kier alpha value is -5.64. The van der Waals surface area contributed by atoms with Crippen molar-refractivity contribution in [3.05, 3.63) is 130 Å². The fourth-order valence-electron chi connectivity index (χ4n) is 3.46. The first kappa shape index (κ1) is 31.6. The van der Waals surface area contributed by atoms with Gasteiger partial charge in [0.15, 0.2) is 0 Å². The van der Waals surface area contributed by atoms with Gasteiger partial charge in [0.25, 0.3) is 0 Å². The summed E-state index contributed by atoms with van der Waals surface area (Å²) in [6.07, 6.45) is 0. The Morgan fingerprint density at radius 1 is 0.463 bits per heavy atom. The molecule has 0 atom stereocenters. The third kappa shape index (κ3) is 9.25. The van der Waals surface area contributed by atoms with E-state index in [0.717, 1.165) is 17.2 Å². The third-order valence-electron chi connectivity index (χ3n) is 5.91. The first-order valence-corrected chi connectivity index (χ1v) is 11.9. The van der Waals surface area contributed by atoms with E-state index in [1.165, 1.54) is 42.5 Å². The number of phenols is 2. The SMILES string of the molecule is CC(C)(c1ccc(O)cc1)c1ccc(O)cc1.O=C(O)c1ccc(C(=O)O)cc1.O=C(O)c1cccc(C(=O)O)c1. The first-order valence-electron chi connectivity index (χ1n) is 11.9. The minimum atomic E-state index is -1.13. The van der Waals surface area contributed by atoms with Gasteiger partial charge in [-0.2, -0.15) is 0 Å². The number of carboxylic acid groups (broad SMARTS) is 4. The van der Waals surface area contributed by atoms with Gasteiger partial charge in [0.2, 0.25) is 0 Å². The highest BCUT2D eigenvalue weighted by molar-refractivity contribution is 5.93. The zero-order valence-corrected chi connectivity index (χ0v) is 22.1. The standard InChI is InChI=1S/C15H16O2.2C8H6O4/c1-15(2,11-3-7-13(16)8-4-11)12-5-9-14(17)10-6-12;9-7(10)5-1-2-6(4-3-5)8(11)12;9-7(10)5-2-1-3-6(4-5)8(11)12/h3-10,16-17H,1-2H3;2*1-4H,(H,9,10)(H,11,12). The zero-order valence-electron chi connectivity index (χ0n) is 22.1. The molecule has 0 unspecified atom stereocenters. The molecule has 0 saturated heterocycles. The van der Waals surface area contributed by atoms with Crippen LogP contribution in [0.15, 0.2) is 97.1 Å². The van der Waals surface area contributed by atoms with Crippen LogP contribution in [0.2, 0.25) is 0 Å². The van der Waals surface area contributed by atoms with Crippen LogP contribution in [-0.2, 0) is 5.41 Å². The summed E-state index contributed by atoms with van der Waals surface area (Å²) in [4.78, 5) is 41.4. The molecular weight excluding hydrogens is 532 g/mol. The number of carboxylic acids is 4. The molecule has 0 aliphatic carbocycles. The van der Waals surface area contributed by atoms with E-state index in [-0.39, 0.29) is 39.2 Å². The molecule has 0 spiro atoms. The molecule has 0 aliphatic rings.